The lowest BCUT2D eigenvalue weighted by Crippen LogP contribution is -2.38. The lowest BCUT2D eigenvalue weighted by atomic mass is 9.80. The third-order valence-corrected chi connectivity index (χ3v) is 3.45. The number of rotatable bonds is 3. The Morgan fingerprint density at radius 3 is 2.47 bits per heavy atom. The second-order valence-electron chi connectivity index (χ2n) is 4.78. The number of hydrogen-bond donors (Lipinski definition) is 1. The van der Waals surface area contributed by atoms with Crippen molar-refractivity contribution in [3.05, 3.63) is 34.1 Å². The predicted molar refractivity (Wildman–Crippen MR) is 76.1 cm³/mol. The number of aryl methyl sites for hydroxylation is 1. The Kier molecular flexibility index (Phi) is 6.26. The molecule has 0 saturated carbocycles. The van der Waals surface area contributed by atoms with Crippen molar-refractivity contribution >= 4 is 30.0 Å². The summed E-state index contributed by atoms with van der Waals surface area (Å²) in [6, 6.07) is 2.26. The van der Waals surface area contributed by atoms with Crippen LogP contribution in [0.3, 0.4) is 0 Å². The Morgan fingerprint density at radius 2 is 2.00 bits per heavy atom. The van der Waals surface area contributed by atoms with Crippen LogP contribution >= 0.6 is 24.0 Å². The van der Waals surface area contributed by atoms with E-state index >= 15 is 0 Å². The molecule has 1 aromatic carbocycles. The first-order valence-corrected chi connectivity index (χ1v) is 5.89. The minimum absolute atomic E-state index is 0. The molecule has 0 bridgehead atoms. The van der Waals surface area contributed by atoms with Gasteiger partial charge in [-0.15, -0.1) is 12.4 Å². The maximum atomic E-state index is 14.1. The van der Waals surface area contributed by atoms with E-state index in [-0.39, 0.29) is 23.0 Å². The van der Waals surface area contributed by atoms with Crippen LogP contribution < -0.4 is 5.73 Å². The van der Waals surface area contributed by atoms with Gasteiger partial charge in [0.1, 0.15) is 5.82 Å². The van der Waals surface area contributed by atoms with Crippen molar-refractivity contribution < 1.29 is 13.9 Å². The number of ether oxygens (including phenoxy) is 1. The van der Waals surface area contributed by atoms with Crippen LogP contribution in [0.4, 0.5) is 4.39 Å². The summed E-state index contributed by atoms with van der Waals surface area (Å²) in [5.74, 6) is -0.987. The van der Waals surface area contributed by atoms with Gasteiger partial charge in [-0.2, -0.15) is 0 Å². The van der Waals surface area contributed by atoms with Gasteiger partial charge in [0, 0.05) is 16.6 Å². The van der Waals surface area contributed by atoms with Crippen LogP contribution in [0.15, 0.2) is 12.1 Å². The van der Waals surface area contributed by atoms with Gasteiger partial charge in [-0.3, -0.25) is 4.79 Å². The zero-order valence-corrected chi connectivity index (χ0v) is 12.9. The molecule has 1 atom stereocenters. The van der Waals surface area contributed by atoms with Crippen molar-refractivity contribution in [2.75, 3.05) is 7.11 Å². The summed E-state index contributed by atoms with van der Waals surface area (Å²) in [5, 5.41) is 0.211. The van der Waals surface area contributed by atoms with Gasteiger partial charge in [0.2, 0.25) is 0 Å². The molecule has 0 amide bonds. The van der Waals surface area contributed by atoms with E-state index < -0.39 is 23.2 Å². The van der Waals surface area contributed by atoms with Crippen LogP contribution in [0.1, 0.15) is 31.0 Å². The van der Waals surface area contributed by atoms with Gasteiger partial charge in [-0.05, 0) is 32.4 Å². The van der Waals surface area contributed by atoms with Crippen molar-refractivity contribution in [2.45, 2.75) is 26.8 Å². The number of halogens is 3. The van der Waals surface area contributed by atoms with Gasteiger partial charge >= 0.3 is 5.97 Å². The predicted octanol–water partition coefficient (Wildman–Crippen LogP) is 3.41. The number of nitrogens with two attached hydrogens (primary N) is 1. The van der Waals surface area contributed by atoms with Crippen molar-refractivity contribution in [2.24, 2.45) is 11.1 Å². The Labute approximate surface area is 123 Å². The quantitative estimate of drug-likeness (QED) is 0.871. The summed E-state index contributed by atoms with van der Waals surface area (Å²) < 4.78 is 18.8. The van der Waals surface area contributed by atoms with Gasteiger partial charge in [0.05, 0.1) is 12.5 Å². The van der Waals surface area contributed by atoms with Crippen molar-refractivity contribution in [3.63, 3.8) is 0 Å². The van der Waals surface area contributed by atoms with Gasteiger partial charge in [0.25, 0.3) is 0 Å². The molecular weight excluding hydrogens is 292 g/mol. The minimum Gasteiger partial charge on any atom is -0.469 e. The first kappa shape index (κ1) is 18.2. The number of methoxy groups -OCH3 is 1. The highest BCUT2D eigenvalue weighted by molar-refractivity contribution is 6.31. The molecule has 0 spiro atoms. The van der Waals surface area contributed by atoms with Crippen molar-refractivity contribution in [1.82, 2.24) is 0 Å². The average molecular weight is 310 g/mol. The molecule has 0 fully saturated rings. The Hall–Kier alpha value is -0.840. The van der Waals surface area contributed by atoms with Crippen molar-refractivity contribution in [1.29, 1.82) is 0 Å². The molecule has 19 heavy (non-hydrogen) atoms. The normalized spacial score (nSPS) is 12.6. The number of esters is 1. The molecular formula is C13H18Cl2FNO2. The maximum absolute atomic E-state index is 14.1. The van der Waals surface area contributed by atoms with Crippen LogP contribution in [0.5, 0.6) is 0 Å². The van der Waals surface area contributed by atoms with E-state index in [0.717, 1.165) is 0 Å². The fourth-order valence-corrected chi connectivity index (χ4v) is 1.98. The first-order chi connectivity index (χ1) is 8.23. The van der Waals surface area contributed by atoms with Crippen molar-refractivity contribution in [3.8, 4) is 0 Å². The topological polar surface area (TPSA) is 52.3 Å². The van der Waals surface area contributed by atoms with E-state index in [0.29, 0.717) is 5.56 Å². The zero-order valence-electron chi connectivity index (χ0n) is 11.3. The maximum Gasteiger partial charge on any atom is 0.313 e. The third-order valence-electron chi connectivity index (χ3n) is 3.12. The van der Waals surface area contributed by atoms with E-state index in [1.54, 1.807) is 32.9 Å². The highest BCUT2D eigenvalue weighted by Gasteiger charge is 2.39. The summed E-state index contributed by atoms with van der Waals surface area (Å²) in [6.45, 7) is 4.82. The molecule has 0 aliphatic carbocycles. The third kappa shape index (κ3) is 3.38. The summed E-state index contributed by atoms with van der Waals surface area (Å²) >= 11 is 5.98. The van der Waals surface area contributed by atoms with E-state index in [4.69, 9.17) is 17.3 Å². The average Bonchev–Trinajstić information content (AvgIpc) is 2.33. The Morgan fingerprint density at radius 1 is 1.47 bits per heavy atom. The highest BCUT2D eigenvalue weighted by atomic mass is 35.5. The smallest absolute Gasteiger partial charge is 0.313 e. The molecule has 0 saturated heterocycles. The van der Waals surface area contributed by atoms with Gasteiger partial charge in [-0.1, -0.05) is 17.7 Å². The number of hydrogen-bond acceptors (Lipinski definition) is 3. The highest BCUT2D eigenvalue weighted by Crippen LogP contribution is 2.37. The van der Waals surface area contributed by atoms with E-state index in [1.807, 2.05) is 0 Å². The first-order valence-electron chi connectivity index (χ1n) is 5.52. The van der Waals surface area contributed by atoms with Gasteiger partial charge < -0.3 is 10.5 Å². The Bertz CT molecular complexity index is 478. The largest absolute Gasteiger partial charge is 0.469 e. The number of benzene rings is 1. The number of carbonyl (C=O) groups excluding carboxylic acids is 1. The fourth-order valence-electron chi connectivity index (χ4n) is 1.71. The van der Waals surface area contributed by atoms with Gasteiger partial charge in [0.15, 0.2) is 0 Å². The molecule has 6 heteroatoms. The molecule has 1 aromatic rings. The zero-order chi connectivity index (χ0) is 14.1. The van der Waals surface area contributed by atoms with E-state index in [9.17, 15) is 9.18 Å². The second kappa shape index (κ2) is 6.55. The summed E-state index contributed by atoms with van der Waals surface area (Å²) in [6.07, 6.45) is 0. The van der Waals surface area contributed by atoms with E-state index in [1.165, 1.54) is 7.11 Å². The summed E-state index contributed by atoms with van der Waals surface area (Å²) in [7, 11) is 1.27. The van der Waals surface area contributed by atoms with Crippen LogP contribution in [-0.4, -0.2) is 13.1 Å². The fraction of sp³-hybridized carbons (Fsp3) is 0.462. The van der Waals surface area contributed by atoms with Crippen LogP contribution in [0.2, 0.25) is 5.02 Å². The monoisotopic (exact) mass is 309 g/mol. The Balaban J connectivity index is 0.00000324. The lowest BCUT2D eigenvalue weighted by molar-refractivity contribution is -0.152. The van der Waals surface area contributed by atoms with Crippen LogP contribution in [-0.2, 0) is 9.53 Å². The standard InChI is InChI=1S/C13H17ClFNO2.ClH/c1-7-5-6-8(14)9(10(7)15)11(16)13(2,3)12(17)18-4;/h5-6,11H,16H2,1-4H3;1H/t11-;/m1./s1. The van der Waals surface area contributed by atoms with E-state index in [2.05, 4.69) is 4.74 Å². The molecule has 0 aliphatic heterocycles. The second-order valence-corrected chi connectivity index (χ2v) is 5.19. The molecule has 0 aliphatic rings. The molecule has 0 unspecified atom stereocenters. The molecule has 3 nitrogen and oxygen atoms in total. The molecule has 108 valence electrons. The number of carbonyl (C=O) groups is 1. The van der Waals surface area contributed by atoms with Crippen LogP contribution in [0, 0.1) is 18.2 Å². The minimum atomic E-state index is -1.06. The van der Waals surface area contributed by atoms with Crippen LogP contribution in [0.25, 0.3) is 0 Å². The summed E-state index contributed by atoms with van der Waals surface area (Å²) in [4.78, 5) is 11.7. The molecule has 0 radical (unpaired) electrons. The molecule has 0 heterocycles. The lowest BCUT2D eigenvalue weighted by Gasteiger charge is -2.30. The molecule has 2 N–H and O–H groups in total. The molecule has 0 aromatic heterocycles. The van der Waals surface area contributed by atoms with Gasteiger partial charge in [-0.25, -0.2) is 4.39 Å². The summed E-state index contributed by atoms with van der Waals surface area (Å²) in [5.41, 5.74) is 5.51. The molecule has 1 rings (SSSR count). The SMILES string of the molecule is COC(=O)C(C)(C)[C@H](N)c1c(Cl)ccc(C)c1F.Cl.